The van der Waals surface area contributed by atoms with Crippen LogP contribution in [0.4, 0.5) is 0 Å². The van der Waals surface area contributed by atoms with Crippen LogP contribution in [0.1, 0.15) is 322 Å². The molecule has 0 aliphatic heterocycles. The van der Waals surface area contributed by atoms with Crippen LogP contribution in [0.2, 0.25) is 0 Å². The van der Waals surface area contributed by atoms with Gasteiger partial charge in [0.25, 0.3) is 0 Å². The Morgan fingerprint density at radius 3 is 0.833 bits per heavy atom. The molecule has 0 rings (SSSR count). The highest BCUT2D eigenvalue weighted by atomic mass is 31.2. The van der Waals surface area contributed by atoms with E-state index in [9.17, 15) is 19.0 Å². The van der Waals surface area contributed by atoms with Gasteiger partial charge in [-0.15, -0.1) is 0 Å². The number of phosphoric acid groups is 1. The Labute approximate surface area is 592 Å². The first-order chi connectivity index (χ1) is 47.0. The van der Waals surface area contributed by atoms with Gasteiger partial charge in [0, 0.05) is 12.8 Å². The van der Waals surface area contributed by atoms with E-state index in [0.29, 0.717) is 17.4 Å². The maximum absolute atomic E-state index is 12.9. The Kier molecular flexibility index (Phi) is 71.4. The zero-order valence-corrected chi connectivity index (χ0v) is 63.5. The summed E-state index contributed by atoms with van der Waals surface area (Å²) in [5, 5.41) is 0. The highest BCUT2D eigenvalue weighted by molar-refractivity contribution is 7.47. The predicted molar refractivity (Wildman–Crippen MR) is 417 cm³/mol. The van der Waals surface area contributed by atoms with Crippen LogP contribution in [0.15, 0.2) is 158 Å². The minimum atomic E-state index is -4.41. The zero-order valence-electron chi connectivity index (χ0n) is 62.6. The molecule has 10 heteroatoms. The van der Waals surface area contributed by atoms with Gasteiger partial charge in [-0.3, -0.25) is 18.6 Å². The van der Waals surface area contributed by atoms with Crippen LogP contribution in [-0.4, -0.2) is 74.9 Å². The smallest absolute Gasteiger partial charge is 0.462 e. The number of nitrogens with zero attached hydrogens (tertiary/aromatic N) is 1. The van der Waals surface area contributed by atoms with Crippen LogP contribution < -0.4 is 0 Å². The standard InChI is InChI=1S/C86H146NO8P/c1-6-8-10-12-14-16-18-20-22-24-26-28-30-32-34-36-38-40-41-42-43-44-45-47-48-50-52-54-56-58-60-62-64-66-68-70-72-74-76-78-85(88)92-82-84(83-94-96(90,91)93-81-80-87(3,4)5)95-86(89)79-77-75-73-71-69-67-65-63-61-59-57-55-53-51-49-46-39-37-35-33-31-29-27-25-23-21-19-17-15-13-11-9-7-2/h8-11,14-17,20-23,26-29,33,35,39,46,51,53,57,59,63,65,84H,6-7,12-13,18-19,24-25,30-32,34,36-38,40-45,47-50,52,54-56,58,60-62,64,66-83H2,1-5H3/p+1/b10-8-,11-9-,16-14-,17-15-,22-20-,23-21-,28-26-,29-27-,35-33-,46-39-,53-51-,59-57-,65-63-. The molecule has 548 valence electrons. The topological polar surface area (TPSA) is 108 Å². The van der Waals surface area contributed by atoms with Crippen molar-refractivity contribution in [2.24, 2.45) is 0 Å². The number of phosphoric ester groups is 1. The molecule has 0 bridgehead atoms. The van der Waals surface area contributed by atoms with Crippen molar-refractivity contribution < 1.29 is 42.1 Å². The maximum Gasteiger partial charge on any atom is 0.472 e. The lowest BCUT2D eigenvalue weighted by Gasteiger charge is -2.24. The molecule has 0 saturated carbocycles. The molecule has 96 heavy (non-hydrogen) atoms. The van der Waals surface area contributed by atoms with Gasteiger partial charge in [0.05, 0.1) is 27.7 Å². The Bertz CT molecular complexity index is 2180. The van der Waals surface area contributed by atoms with Gasteiger partial charge < -0.3 is 18.9 Å². The monoisotopic (exact) mass is 1350 g/mol. The molecule has 1 N–H and O–H groups in total. The Morgan fingerprint density at radius 1 is 0.323 bits per heavy atom. The maximum atomic E-state index is 12.9. The van der Waals surface area contributed by atoms with E-state index in [0.717, 1.165) is 135 Å². The van der Waals surface area contributed by atoms with Gasteiger partial charge in [-0.1, -0.05) is 345 Å². The summed E-state index contributed by atoms with van der Waals surface area (Å²) in [5.41, 5.74) is 0. The van der Waals surface area contributed by atoms with E-state index in [-0.39, 0.29) is 32.0 Å². The summed E-state index contributed by atoms with van der Waals surface area (Å²) in [4.78, 5) is 36.0. The number of allylic oxidation sites excluding steroid dienone is 26. The van der Waals surface area contributed by atoms with Crippen molar-refractivity contribution in [2.45, 2.75) is 328 Å². The summed E-state index contributed by atoms with van der Waals surface area (Å²) in [6.45, 7) is 4.20. The molecule has 0 aromatic rings. The van der Waals surface area contributed by atoms with Crippen molar-refractivity contribution in [2.75, 3.05) is 47.5 Å². The fourth-order valence-corrected chi connectivity index (χ4v) is 11.4. The second-order valence-electron chi connectivity index (χ2n) is 27.0. The Balaban J connectivity index is 4.02. The summed E-state index contributed by atoms with van der Waals surface area (Å²) in [7, 11) is 1.45. The Morgan fingerprint density at radius 2 is 0.562 bits per heavy atom. The third-order valence-electron chi connectivity index (χ3n) is 16.6. The lowest BCUT2D eigenvalue weighted by atomic mass is 10.0. The van der Waals surface area contributed by atoms with Crippen LogP contribution in [0.3, 0.4) is 0 Å². The van der Waals surface area contributed by atoms with Crippen LogP contribution in [0.5, 0.6) is 0 Å². The molecular formula is C86H147NO8P+. The lowest BCUT2D eigenvalue weighted by molar-refractivity contribution is -0.870. The normalized spacial score (nSPS) is 13.9. The van der Waals surface area contributed by atoms with E-state index >= 15 is 0 Å². The van der Waals surface area contributed by atoms with Gasteiger partial charge in [-0.05, 0) is 122 Å². The third-order valence-corrected chi connectivity index (χ3v) is 17.5. The quantitative estimate of drug-likeness (QED) is 0.0211. The SMILES string of the molecule is CC/C=C\C/C=C\C/C=C\C/C=C\C/C=C\C/C=C\C/C=C\C/C=C\C/C=C\CCCCCCCC(=O)OC(COC(=O)CCCCCCCCCCCCCCCCCCCCCCCCCCCC/C=C\C/C=C\C/C=C\C/C=C\CC)COP(=O)(O)OCC[N+](C)(C)C. The van der Waals surface area contributed by atoms with Gasteiger partial charge in [0.2, 0.25) is 0 Å². The molecule has 0 radical (unpaired) electrons. The number of rotatable bonds is 71. The summed E-state index contributed by atoms with van der Waals surface area (Å²) in [6, 6.07) is 0. The van der Waals surface area contributed by atoms with E-state index in [1.807, 2.05) is 21.1 Å². The highest BCUT2D eigenvalue weighted by Gasteiger charge is 2.27. The molecule has 2 unspecified atom stereocenters. The summed E-state index contributed by atoms with van der Waals surface area (Å²) >= 11 is 0. The minimum absolute atomic E-state index is 0.0215. The second-order valence-corrected chi connectivity index (χ2v) is 28.4. The van der Waals surface area contributed by atoms with E-state index in [1.54, 1.807) is 0 Å². The second kappa shape index (κ2) is 74.8. The number of likely N-dealkylation sites (N-methyl/N-ethyl adjacent to an activating group) is 1. The van der Waals surface area contributed by atoms with Crippen molar-refractivity contribution >= 4 is 19.8 Å². The first-order valence-corrected chi connectivity index (χ1v) is 40.7. The molecule has 0 amide bonds. The van der Waals surface area contributed by atoms with Gasteiger partial charge in [0.1, 0.15) is 19.8 Å². The first kappa shape index (κ1) is 91.6. The third kappa shape index (κ3) is 78.6. The zero-order chi connectivity index (χ0) is 69.7. The average Bonchev–Trinajstić information content (AvgIpc) is 1.48. The van der Waals surface area contributed by atoms with Crippen LogP contribution >= 0.6 is 7.82 Å². The fourth-order valence-electron chi connectivity index (χ4n) is 10.6. The molecule has 9 nitrogen and oxygen atoms in total. The molecule has 0 aromatic carbocycles. The summed E-state index contributed by atoms with van der Waals surface area (Å²) in [5.74, 6) is -0.817. The van der Waals surface area contributed by atoms with Crippen LogP contribution in [-0.2, 0) is 32.7 Å². The van der Waals surface area contributed by atoms with Crippen molar-refractivity contribution in [1.29, 1.82) is 0 Å². The number of hydrogen-bond acceptors (Lipinski definition) is 7. The van der Waals surface area contributed by atoms with E-state index in [4.69, 9.17) is 18.5 Å². The van der Waals surface area contributed by atoms with Gasteiger partial charge in [-0.25, -0.2) is 4.57 Å². The molecular weight excluding hydrogens is 1210 g/mol. The van der Waals surface area contributed by atoms with Gasteiger partial charge >= 0.3 is 19.8 Å². The Hall–Kier alpha value is -4.37. The largest absolute Gasteiger partial charge is 0.472 e. The minimum Gasteiger partial charge on any atom is -0.462 e. The van der Waals surface area contributed by atoms with Crippen LogP contribution in [0, 0.1) is 0 Å². The fraction of sp³-hybridized carbons (Fsp3) is 0.674. The summed E-state index contributed by atoms with van der Waals surface area (Å²) in [6.07, 6.45) is 112. The van der Waals surface area contributed by atoms with E-state index in [2.05, 4.69) is 172 Å². The molecule has 0 aliphatic carbocycles. The van der Waals surface area contributed by atoms with Crippen molar-refractivity contribution in [3.63, 3.8) is 0 Å². The molecule has 2 atom stereocenters. The highest BCUT2D eigenvalue weighted by Crippen LogP contribution is 2.43. The number of quaternary nitrogens is 1. The van der Waals surface area contributed by atoms with Crippen molar-refractivity contribution in [3.05, 3.63) is 158 Å². The number of carbonyl (C=O) groups is 2. The first-order valence-electron chi connectivity index (χ1n) is 39.2. The summed E-state index contributed by atoms with van der Waals surface area (Å²) < 4.78 is 34.8. The molecule has 0 spiro atoms. The molecule has 0 aliphatic rings. The number of esters is 2. The molecule has 0 saturated heterocycles. The van der Waals surface area contributed by atoms with Gasteiger partial charge in [0.15, 0.2) is 6.10 Å². The average molecular weight is 1350 g/mol. The number of carbonyl (C=O) groups excluding carboxylic acids is 2. The van der Waals surface area contributed by atoms with E-state index < -0.39 is 26.5 Å². The number of hydrogen-bond donors (Lipinski definition) is 1. The molecule has 0 aromatic heterocycles. The molecule has 0 fully saturated rings. The number of ether oxygens (including phenoxy) is 2. The lowest BCUT2D eigenvalue weighted by Crippen LogP contribution is -2.37. The van der Waals surface area contributed by atoms with Crippen molar-refractivity contribution in [1.82, 2.24) is 0 Å². The van der Waals surface area contributed by atoms with Crippen LogP contribution in [0.25, 0.3) is 0 Å². The predicted octanol–water partition coefficient (Wildman–Crippen LogP) is 26.3. The van der Waals surface area contributed by atoms with Crippen molar-refractivity contribution in [3.8, 4) is 0 Å². The number of unbranched alkanes of at least 4 members (excludes halogenated alkanes) is 31. The molecule has 0 heterocycles. The van der Waals surface area contributed by atoms with Gasteiger partial charge in [-0.2, -0.15) is 0 Å². The van der Waals surface area contributed by atoms with E-state index in [1.165, 1.54) is 154 Å².